The van der Waals surface area contributed by atoms with Crippen molar-refractivity contribution < 1.29 is 4.79 Å². The summed E-state index contributed by atoms with van der Waals surface area (Å²) in [5.41, 5.74) is 1.82. The third kappa shape index (κ3) is 3.30. The number of anilines is 1. The zero-order valence-corrected chi connectivity index (χ0v) is 10.9. The van der Waals surface area contributed by atoms with Gasteiger partial charge in [-0.25, -0.2) is 4.98 Å². The van der Waals surface area contributed by atoms with Crippen LogP contribution in [-0.4, -0.2) is 10.9 Å². The molecule has 0 radical (unpaired) electrons. The smallest absolute Gasteiger partial charge is 0.256 e. The van der Waals surface area contributed by atoms with Crippen LogP contribution in [0.25, 0.3) is 0 Å². The van der Waals surface area contributed by atoms with Crippen molar-refractivity contribution in [2.24, 2.45) is 0 Å². The molecular weight excluding hydrogens is 262 g/mol. The summed E-state index contributed by atoms with van der Waals surface area (Å²) >= 11 is 5.91. The predicted molar refractivity (Wildman–Crippen MR) is 73.1 cm³/mol. The van der Waals surface area contributed by atoms with Crippen LogP contribution in [0.5, 0.6) is 0 Å². The molecule has 1 amide bonds. The maximum absolute atomic E-state index is 12.0. The molecule has 1 aromatic heterocycles. The zero-order chi connectivity index (χ0) is 13.8. The first-order chi connectivity index (χ1) is 9.08. The van der Waals surface area contributed by atoms with Crippen LogP contribution < -0.4 is 5.32 Å². The number of nitrogens with zero attached hydrogens (tertiary/aromatic N) is 2. The Morgan fingerprint density at radius 3 is 2.74 bits per heavy atom. The number of rotatable bonds is 2. The molecular formula is C14H10ClN3O. The van der Waals surface area contributed by atoms with Gasteiger partial charge >= 0.3 is 0 Å². The second-order valence-corrected chi connectivity index (χ2v) is 4.45. The van der Waals surface area contributed by atoms with Gasteiger partial charge in [0.2, 0.25) is 0 Å². The lowest BCUT2D eigenvalue weighted by Crippen LogP contribution is -2.13. The molecule has 0 aliphatic rings. The van der Waals surface area contributed by atoms with E-state index in [9.17, 15) is 4.79 Å². The minimum atomic E-state index is -0.289. The third-order valence-corrected chi connectivity index (χ3v) is 2.66. The number of aromatic nitrogens is 1. The maximum atomic E-state index is 12.0. The Morgan fingerprint density at radius 1 is 1.37 bits per heavy atom. The molecule has 0 unspecified atom stereocenters. The SMILES string of the molecule is Cc1cc(Cl)cc(C(=O)Nc2ccc(C#N)cn2)c1. The molecule has 2 aromatic rings. The maximum Gasteiger partial charge on any atom is 0.256 e. The van der Waals surface area contributed by atoms with E-state index in [2.05, 4.69) is 10.3 Å². The summed E-state index contributed by atoms with van der Waals surface area (Å²) in [6.07, 6.45) is 1.40. The van der Waals surface area contributed by atoms with Gasteiger partial charge in [0.05, 0.1) is 5.56 Å². The van der Waals surface area contributed by atoms with Gasteiger partial charge < -0.3 is 5.32 Å². The van der Waals surface area contributed by atoms with Gasteiger partial charge in [-0.05, 0) is 42.8 Å². The van der Waals surface area contributed by atoms with Gasteiger partial charge in [0.25, 0.3) is 5.91 Å². The van der Waals surface area contributed by atoms with E-state index in [0.29, 0.717) is 22.0 Å². The van der Waals surface area contributed by atoms with Crippen molar-refractivity contribution in [2.75, 3.05) is 5.32 Å². The molecule has 0 aliphatic carbocycles. The minimum Gasteiger partial charge on any atom is -0.307 e. The number of benzene rings is 1. The van der Waals surface area contributed by atoms with Crippen LogP contribution >= 0.6 is 11.6 Å². The molecule has 2 rings (SSSR count). The number of amides is 1. The van der Waals surface area contributed by atoms with E-state index in [1.54, 1.807) is 30.3 Å². The van der Waals surface area contributed by atoms with Crippen molar-refractivity contribution in [3.8, 4) is 6.07 Å². The van der Waals surface area contributed by atoms with E-state index < -0.39 is 0 Å². The third-order valence-electron chi connectivity index (χ3n) is 2.44. The number of hydrogen-bond donors (Lipinski definition) is 1. The highest BCUT2D eigenvalue weighted by atomic mass is 35.5. The molecule has 1 heterocycles. The number of nitrogens with one attached hydrogen (secondary N) is 1. The number of hydrogen-bond acceptors (Lipinski definition) is 3. The Labute approximate surface area is 115 Å². The molecule has 5 heteroatoms. The molecule has 0 bridgehead atoms. The van der Waals surface area contributed by atoms with Crippen molar-refractivity contribution in [2.45, 2.75) is 6.92 Å². The van der Waals surface area contributed by atoms with Crippen LogP contribution in [0, 0.1) is 18.3 Å². The second kappa shape index (κ2) is 5.51. The Morgan fingerprint density at radius 2 is 2.16 bits per heavy atom. The van der Waals surface area contributed by atoms with Gasteiger partial charge in [0.15, 0.2) is 0 Å². The molecule has 19 heavy (non-hydrogen) atoms. The molecule has 94 valence electrons. The van der Waals surface area contributed by atoms with Gasteiger partial charge in [-0.15, -0.1) is 0 Å². The van der Waals surface area contributed by atoms with Crippen LogP contribution in [0.4, 0.5) is 5.82 Å². The van der Waals surface area contributed by atoms with E-state index >= 15 is 0 Å². The van der Waals surface area contributed by atoms with Gasteiger partial charge in [0, 0.05) is 16.8 Å². The summed E-state index contributed by atoms with van der Waals surface area (Å²) in [5, 5.41) is 11.8. The van der Waals surface area contributed by atoms with Crippen molar-refractivity contribution in [1.29, 1.82) is 5.26 Å². The summed E-state index contributed by atoms with van der Waals surface area (Å²) in [6, 6.07) is 10.2. The molecule has 0 fully saturated rings. The highest BCUT2D eigenvalue weighted by molar-refractivity contribution is 6.31. The van der Waals surface area contributed by atoms with E-state index in [4.69, 9.17) is 16.9 Å². The lowest BCUT2D eigenvalue weighted by molar-refractivity contribution is 0.102. The average Bonchev–Trinajstić information content (AvgIpc) is 2.38. The molecule has 1 N–H and O–H groups in total. The summed E-state index contributed by atoms with van der Waals surface area (Å²) < 4.78 is 0. The predicted octanol–water partition coefficient (Wildman–Crippen LogP) is 3.17. The molecule has 4 nitrogen and oxygen atoms in total. The Balaban J connectivity index is 2.18. The molecule has 0 saturated carbocycles. The Hall–Kier alpha value is -2.38. The standard InChI is InChI=1S/C14H10ClN3O/c1-9-4-11(6-12(15)5-9)14(19)18-13-3-2-10(7-16)8-17-13/h2-6,8H,1H3,(H,17,18,19). The normalized spacial score (nSPS) is 9.74. The van der Waals surface area contributed by atoms with Gasteiger partial charge in [-0.3, -0.25) is 4.79 Å². The number of pyridine rings is 1. The number of carbonyl (C=O) groups excluding carboxylic acids is 1. The van der Waals surface area contributed by atoms with E-state index in [1.165, 1.54) is 6.20 Å². The summed E-state index contributed by atoms with van der Waals surface area (Å²) in [5.74, 6) is 0.101. The van der Waals surface area contributed by atoms with Crippen molar-refractivity contribution in [3.63, 3.8) is 0 Å². The minimum absolute atomic E-state index is 0.289. The van der Waals surface area contributed by atoms with Gasteiger partial charge in [-0.1, -0.05) is 11.6 Å². The lowest BCUT2D eigenvalue weighted by Gasteiger charge is -2.05. The topological polar surface area (TPSA) is 65.8 Å². The Bertz CT molecular complexity index is 639. The molecule has 0 saturated heterocycles. The van der Waals surface area contributed by atoms with Crippen LogP contribution in [0.3, 0.4) is 0 Å². The van der Waals surface area contributed by atoms with Crippen molar-refractivity contribution in [1.82, 2.24) is 4.98 Å². The molecule has 0 atom stereocenters. The first kappa shape index (κ1) is 13.1. The molecule has 1 aromatic carbocycles. The van der Waals surface area contributed by atoms with E-state index in [0.717, 1.165) is 5.56 Å². The number of nitriles is 1. The van der Waals surface area contributed by atoms with Crippen LogP contribution in [-0.2, 0) is 0 Å². The average molecular weight is 272 g/mol. The number of aryl methyl sites for hydroxylation is 1. The molecule has 0 spiro atoms. The quantitative estimate of drug-likeness (QED) is 0.912. The Kier molecular flexibility index (Phi) is 3.79. The number of carbonyl (C=O) groups is 1. The molecule has 0 aliphatic heterocycles. The van der Waals surface area contributed by atoms with Crippen LogP contribution in [0.1, 0.15) is 21.5 Å². The highest BCUT2D eigenvalue weighted by Crippen LogP contribution is 2.15. The largest absolute Gasteiger partial charge is 0.307 e. The summed E-state index contributed by atoms with van der Waals surface area (Å²) in [4.78, 5) is 16.0. The van der Waals surface area contributed by atoms with Crippen molar-refractivity contribution >= 4 is 23.3 Å². The monoisotopic (exact) mass is 271 g/mol. The van der Waals surface area contributed by atoms with E-state index in [1.807, 2.05) is 13.0 Å². The zero-order valence-electron chi connectivity index (χ0n) is 10.1. The fourth-order valence-corrected chi connectivity index (χ4v) is 1.88. The number of halogens is 1. The van der Waals surface area contributed by atoms with Gasteiger partial charge in [-0.2, -0.15) is 5.26 Å². The first-order valence-electron chi connectivity index (χ1n) is 5.53. The van der Waals surface area contributed by atoms with Crippen molar-refractivity contribution in [3.05, 3.63) is 58.2 Å². The summed E-state index contributed by atoms with van der Waals surface area (Å²) in [6.45, 7) is 1.86. The second-order valence-electron chi connectivity index (χ2n) is 4.02. The van der Waals surface area contributed by atoms with Gasteiger partial charge in [0.1, 0.15) is 11.9 Å². The van der Waals surface area contributed by atoms with Crippen LogP contribution in [0.15, 0.2) is 36.5 Å². The first-order valence-corrected chi connectivity index (χ1v) is 5.91. The fraction of sp³-hybridized carbons (Fsp3) is 0.0714. The highest BCUT2D eigenvalue weighted by Gasteiger charge is 2.08. The van der Waals surface area contributed by atoms with E-state index in [-0.39, 0.29) is 5.91 Å². The fourth-order valence-electron chi connectivity index (χ4n) is 1.59. The van der Waals surface area contributed by atoms with Crippen LogP contribution in [0.2, 0.25) is 5.02 Å². The lowest BCUT2D eigenvalue weighted by atomic mass is 10.1. The summed E-state index contributed by atoms with van der Waals surface area (Å²) in [7, 11) is 0.